The first-order chi connectivity index (χ1) is 13.9. The number of hydrogen-bond acceptors (Lipinski definition) is 5. The van der Waals surface area contributed by atoms with E-state index in [-0.39, 0.29) is 16.9 Å². The van der Waals surface area contributed by atoms with Gasteiger partial charge in [-0.1, -0.05) is 24.3 Å². The highest BCUT2D eigenvalue weighted by atomic mass is 16.5. The van der Waals surface area contributed by atoms with E-state index < -0.39 is 29.9 Å². The number of amides is 2. The minimum absolute atomic E-state index is 0.263. The number of nitrogens with zero attached hydrogens (tertiary/aromatic N) is 1. The van der Waals surface area contributed by atoms with Gasteiger partial charge in [-0.25, -0.2) is 4.79 Å². The molecule has 0 radical (unpaired) electrons. The van der Waals surface area contributed by atoms with Gasteiger partial charge in [0, 0.05) is 5.56 Å². The molecule has 0 bridgehead atoms. The summed E-state index contributed by atoms with van der Waals surface area (Å²) >= 11 is 0. The van der Waals surface area contributed by atoms with Crippen LogP contribution in [0.2, 0.25) is 0 Å². The van der Waals surface area contributed by atoms with Crippen LogP contribution in [-0.2, 0) is 22.4 Å². The van der Waals surface area contributed by atoms with Crippen LogP contribution in [0.4, 0.5) is 0 Å². The van der Waals surface area contributed by atoms with Crippen molar-refractivity contribution in [2.24, 2.45) is 0 Å². The van der Waals surface area contributed by atoms with E-state index in [0.717, 1.165) is 29.7 Å². The summed E-state index contributed by atoms with van der Waals surface area (Å²) in [5.41, 5.74) is 3.44. The highest BCUT2D eigenvalue weighted by Crippen LogP contribution is 2.26. The molecule has 0 aromatic heterocycles. The maximum atomic E-state index is 12.7. The predicted molar refractivity (Wildman–Crippen MR) is 105 cm³/mol. The molecule has 0 saturated carbocycles. The van der Waals surface area contributed by atoms with Gasteiger partial charge in [-0.2, -0.15) is 0 Å². The second-order valence-electron chi connectivity index (χ2n) is 7.48. The van der Waals surface area contributed by atoms with Gasteiger partial charge in [0.15, 0.2) is 6.10 Å². The van der Waals surface area contributed by atoms with Gasteiger partial charge in [0.25, 0.3) is 11.8 Å². The number of esters is 1. The summed E-state index contributed by atoms with van der Waals surface area (Å²) in [7, 11) is 0. The van der Waals surface area contributed by atoms with Gasteiger partial charge in [-0.05, 0) is 62.4 Å². The molecule has 2 aromatic rings. The molecule has 2 atom stereocenters. The Morgan fingerprint density at radius 1 is 0.931 bits per heavy atom. The van der Waals surface area contributed by atoms with Gasteiger partial charge < -0.3 is 4.74 Å². The molecule has 4 rings (SSSR count). The maximum Gasteiger partial charge on any atom is 0.329 e. The number of fused-ring (bicyclic) bond motifs is 2. The summed E-state index contributed by atoms with van der Waals surface area (Å²) in [6, 6.07) is 10.9. The number of aryl methyl sites for hydroxylation is 2. The Balaban J connectivity index is 1.46. The lowest BCUT2D eigenvalue weighted by atomic mass is 10.0. The van der Waals surface area contributed by atoms with Gasteiger partial charge in [-0.15, -0.1) is 0 Å². The molecule has 2 aliphatic rings. The van der Waals surface area contributed by atoms with Crippen molar-refractivity contribution in [1.82, 2.24) is 4.90 Å². The number of ether oxygens (including phenoxy) is 1. The van der Waals surface area contributed by atoms with Gasteiger partial charge in [0.05, 0.1) is 11.1 Å². The lowest BCUT2D eigenvalue weighted by molar-refractivity contribution is -0.150. The standard InChI is InChI=1S/C23H21NO5/c1-13(24-21(26)18-8-3-4-9-19(18)22(24)27)23(28)29-14(2)20(25)17-11-10-15-6-5-7-16(15)12-17/h3-4,8-14H,5-7H2,1-2H3/t13-,14+/m0/s1. The molecule has 148 valence electrons. The fourth-order valence-electron chi connectivity index (χ4n) is 3.95. The van der Waals surface area contributed by atoms with Crippen LogP contribution in [0, 0.1) is 0 Å². The van der Waals surface area contributed by atoms with Crippen molar-refractivity contribution >= 4 is 23.6 Å². The van der Waals surface area contributed by atoms with Crippen molar-refractivity contribution in [3.05, 3.63) is 70.3 Å². The van der Waals surface area contributed by atoms with Crippen LogP contribution in [0.1, 0.15) is 62.5 Å². The molecule has 0 spiro atoms. The Labute approximate surface area is 168 Å². The minimum atomic E-state index is -1.13. The first-order valence-corrected chi connectivity index (χ1v) is 9.72. The lowest BCUT2D eigenvalue weighted by Crippen LogP contribution is -2.45. The fourth-order valence-corrected chi connectivity index (χ4v) is 3.95. The number of benzene rings is 2. The average Bonchev–Trinajstić information content (AvgIpc) is 3.29. The molecule has 0 saturated heterocycles. The Bertz CT molecular complexity index is 1010. The maximum absolute atomic E-state index is 12.7. The molecule has 1 heterocycles. The Hall–Kier alpha value is -3.28. The summed E-state index contributed by atoms with van der Waals surface area (Å²) in [6.45, 7) is 2.93. The molecular formula is C23H21NO5. The third-order valence-corrected chi connectivity index (χ3v) is 5.60. The monoisotopic (exact) mass is 391 g/mol. The van der Waals surface area contributed by atoms with Gasteiger partial charge >= 0.3 is 5.97 Å². The van der Waals surface area contributed by atoms with Crippen molar-refractivity contribution in [2.45, 2.75) is 45.3 Å². The van der Waals surface area contributed by atoms with Crippen LogP contribution in [-0.4, -0.2) is 40.6 Å². The normalized spacial score (nSPS) is 17.0. The van der Waals surface area contributed by atoms with Crippen molar-refractivity contribution in [3.63, 3.8) is 0 Å². The van der Waals surface area contributed by atoms with E-state index in [1.807, 2.05) is 12.1 Å². The zero-order valence-electron chi connectivity index (χ0n) is 16.3. The third kappa shape index (κ3) is 3.24. The van der Waals surface area contributed by atoms with Crippen molar-refractivity contribution < 1.29 is 23.9 Å². The van der Waals surface area contributed by atoms with E-state index in [1.54, 1.807) is 30.3 Å². The number of carbonyl (C=O) groups excluding carboxylic acids is 4. The average molecular weight is 391 g/mol. The van der Waals surface area contributed by atoms with Crippen LogP contribution < -0.4 is 0 Å². The quantitative estimate of drug-likeness (QED) is 0.445. The summed E-state index contributed by atoms with van der Waals surface area (Å²) in [6.07, 6.45) is 2.03. The molecule has 2 aromatic carbocycles. The Morgan fingerprint density at radius 3 is 2.21 bits per heavy atom. The van der Waals surface area contributed by atoms with Crippen LogP contribution in [0.15, 0.2) is 42.5 Å². The highest BCUT2D eigenvalue weighted by Gasteiger charge is 2.41. The van der Waals surface area contributed by atoms with E-state index in [9.17, 15) is 19.2 Å². The first kappa shape index (κ1) is 19.1. The topological polar surface area (TPSA) is 80.8 Å². The van der Waals surface area contributed by atoms with Crippen LogP contribution in [0.3, 0.4) is 0 Å². The molecule has 6 heteroatoms. The molecule has 6 nitrogen and oxygen atoms in total. The van der Waals surface area contributed by atoms with Crippen molar-refractivity contribution in [2.75, 3.05) is 0 Å². The molecule has 0 N–H and O–H groups in total. The zero-order valence-corrected chi connectivity index (χ0v) is 16.3. The molecule has 2 amide bonds. The summed E-state index contributed by atoms with van der Waals surface area (Å²) in [4.78, 5) is 51.2. The third-order valence-electron chi connectivity index (χ3n) is 5.60. The van der Waals surface area contributed by atoms with E-state index >= 15 is 0 Å². The molecule has 29 heavy (non-hydrogen) atoms. The minimum Gasteiger partial charge on any atom is -0.453 e. The van der Waals surface area contributed by atoms with Crippen LogP contribution >= 0.6 is 0 Å². The fraction of sp³-hybridized carbons (Fsp3) is 0.304. The Morgan fingerprint density at radius 2 is 1.55 bits per heavy atom. The second kappa shape index (κ2) is 7.28. The first-order valence-electron chi connectivity index (χ1n) is 9.72. The lowest BCUT2D eigenvalue weighted by Gasteiger charge is -2.22. The summed E-state index contributed by atoms with van der Waals surface area (Å²) < 4.78 is 5.32. The molecule has 0 unspecified atom stereocenters. The number of carbonyl (C=O) groups is 4. The van der Waals surface area contributed by atoms with E-state index in [2.05, 4.69) is 0 Å². The SMILES string of the molecule is C[C@@H](OC(=O)[C@H](C)N1C(=O)c2ccccc2C1=O)C(=O)c1ccc2c(c1)CCC2. The number of ketones is 1. The van der Waals surface area contributed by atoms with Gasteiger partial charge in [0.2, 0.25) is 5.78 Å². The summed E-state index contributed by atoms with van der Waals surface area (Å²) in [5.74, 6) is -2.16. The molecule has 0 fully saturated rings. The second-order valence-corrected chi connectivity index (χ2v) is 7.48. The van der Waals surface area contributed by atoms with Gasteiger partial charge in [-0.3, -0.25) is 19.3 Å². The predicted octanol–water partition coefficient (Wildman–Crippen LogP) is 2.97. The van der Waals surface area contributed by atoms with Gasteiger partial charge in [0.1, 0.15) is 6.04 Å². The molecule has 1 aliphatic carbocycles. The smallest absolute Gasteiger partial charge is 0.329 e. The van der Waals surface area contributed by atoms with E-state index in [1.165, 1.54) is 19.4 Å². The van der Waals surface area contributed by atoms with Crippen LogP contribution in [0.5, 0.6) is 0 Å². The summed E-state index contributed by atoms with van der Waals surface area (Å²) in [5, 5.41) is 0. The zero-order chi connectivity index (χ0) is 20.7. The Kier molecular flexibility index (Phi) is 4.78. The molecular weight excluding hydrogens is 370 g/mol. The van der Waals surface area contributed by atoms with Crippen molar-refractivity contribution in [1.29, 1.82) is 0 Å². The number of Topliss-reactive ketones (excluding diaryl/α,β-unsaturated/α-hetero) is 1. The van der Waals surface area contributed by atoms with E-state index in [4.69, 9.17) is 4.74 Å². The number of imide groups is 1. The van der Waals surface area contributed by atoms with E-state index in [0.29, 0.717) is 5.56 Å². The van der Waals surface area contributed by atoms with Crippen molar-refractivity contribution in [3.8, 4) is 0 Å². The largest absolute Gasteiger partial charge is 0.453 e. The van der Waals surface area contributed by atoms with Crippen LogP contribution in [0.25, 0.3) is 0 Å². The highest BCUT2D eigenvalue weighted by molar-refractivity contribution is 6.22. The number of hydrogen-bond donors (Lipinski definition) is 0. The number of rotatable bonds is 5. The molecule has 1 aliphatic heterocycles.